The Balaban J connectivity index is 1.49. The number of amides is 1. The monoisotopic (exact) mass is 484 g/mol. The molecule has 0 bridgehead atoms. The highest BCUT2D eigenvalue weighted by atomic mass is 32.2. The van der Waals surface area contributed by atoms with Crippen molar-refractivity contribution in [2.24, 2.45) is 10.9 Å². The molecule has 2 aliphatic rings. The Labute approximate surface area is 201 Å². The van der Waals surface area contributed by atoms with Crippen molar-refractivity contribution in [1.82, 2.24) is 14.9 Å². The molecule has 2 aliphatic heterocycles. The Kier molecular flexibility index (Phi) is 7.65. The van der Waals surface area contributed by atoms with Crippen LogP contribution in [0.4, 0.5) is 0 Å². The summed E-state index contributed by atoms with van der Waals surface area (Å²) < 4.78 is 32.8. The zero-order valence-electron chi connectivity index (χ0n) is 19.7. The highest BCUT2D eigenvalue weighted by Gasteiger charge is 2.32. The number of ether oxygens (including phenoxy) is 1. The van der Waals surface area contributed by atoms with E-state index >= 15 is 0 Å². The van der Waals surface area contributed by atoms with Gasteiger partial charge in [-0.2, -0.15) is 0 Å². The molecule has 0 spiro atoms. The molecule has 4 rings (SSSR count). The second kappa shape index (κ2) is 10.7. The summed E-state index contributed by atoms with van der Waals surface area (Å²) in [6, 6.07) is 14.1. The van der Waals surface area contributed by atoms with Crippen LogP contribution >= 0.6 is 0 Å². The van der Waals surface area contributed by atoms with Gasteiger partial charge in [0.25, 0.3) is 10.0 Å². The third-order valence-corrected chi connectivity index (χ3v) is 7.41. The lowest BCUT2D eigenvalue weighted by atomic mass is 10.0. The van der Waals surface area contributed by atoms with E-state index in [4.69, 9.17) is 4.74 Å². The van der Waals surface area contributed by atoms with E-state index in [1.807, 2.05) is 32.0 Å². The number of rotatable bonds is 8. The van der Waals surface area contributed by atoms with Gasteiger partial charge in [0.15, 0.2) is 0 Å². The van der Waals surface area contributed by atoms with Crippen LogP contribution in [0.3, 0.4) is 0 Å². The van der Waals surface area contributed by atoms with Gasteiger partial charge in [0.1, 0.15) is 11.9 Å². The van der Waals surface area contributed by atoms with Crippen molar-refractivity contribution in [3.05, 3.63) is 65.2 Å². The number of morpholine rings is 1. The van der Waals surface area contributed by atoms with Gasteiger partial charge in [0, 0.05) is 31.7 Å². The molecule has 8 nitrogen and oxygen atoms in total. The molecule has 2 aromatic rings. The van der Waals surface area contributed by atoms with Crippen LogP contribution in [0.5, 0.6) is 0 Å². The maximum absolute atomic E-state index is 13.2. The van der Waals surface area contributed by atoms with Gasteiger partial charge in [-0.1, -0.05) is 50.2 Å². The molecule has 2 aromatic carbocycles. The Bertz CT molecular complexity index is 1160. The van der Waals surface area contributed by atoms with Crippen molar-refractivity contribution in [2.45, 2.75) is 44.3 Å². The molecule has 2 N–H and O–H groups in total. The zero-order chi connectivity index (χ0) is 24.1. The standard InChI is InChI=1S/C25H32N4O4S/c1-18(2)15-22(27-24-21-9-5-6-10-23(21)34(31,32)28-24)25(30)26-16-19-7-3-4-8-20(19)17-29-11-13-33-14-12-29/h3-10,18,22H,11-17H2,1-2H3,(H,26,30)(H,27,28)/t22-/m0/s1. The summed E-state index contributed by atoms with van der Waals surface area (Å²) in [5.74, 6) is 0.219. The van der Waals surface area contributed by atoms with Crippen LogP contribution in [-0.4, -0.2) is 57.4 Å². The van der Waals surface area contributed by atoms with Crippen LogP contribution in [0.1, 0.15) is 37.0 Å². The van der Waals surface area contributed by atoms with E-state index in [1.54, 1.807) is 24.3 Å². The molecular weight excluding hydrogens is 452 g/mol. The van der Waals surface area contributed by atoms with Gasteiger partial charge in [0.05, 0.1) is 18.1 Å². The predicted octanol–water partition coefficient (Wildman–Crippen LogP) is 2.29. The Hall–Kier alpha value is -2.75. The molecule has 1 fully saturated rings. The fraction of sp³-hybridized carbons (Fsp3) is 0.440. The minimum absolute atomic E-state index is 0.189. The van der Waals surface area contributed by atoms with Crippen molar-refractivity contribution in [3.8, 4) is 0 Å². The average Bonchev–Trinajstić information content (AvgIpc) is 3.08. The summed E-state index contributed by atoms with van der Waals surface area (Å²) >= 11 is 0. The molecule has 0 saturated carbocycles. The van der Waals surface area contributed by atoms with Crippen molar-refractivity contribution >= 4 is 21.8 Å². The minimum atomic E-state index is -3.66. The van der Waals surface area contributed by atoms with E-state index in [2.05, 4.69) is 26.0 Å². The van der Waals surface area contributed by atoms with E-state index in [-0.39, 0.29) is 22.6 Å². The summed E-state index contributed by atoms with van der Waals surface area (Å²) in [5.41, 5.74) is 2.74. The normalized spacial score (nSPS) is 19.6. The van der Waals surface area contributed by atoms with Gasteiger partial charge in [-0.3, -0.25) is 19.4 Å². The third-order valence-electron chi connectivity index (χ3n) is 6.01. The van der Waals surface area contributed by atoms with Gasteiger partial charge >= 0.3 is 0 Å². The van der Waals surface area contributed by atoms with Gasteiger partial charge in [0.2, 0.25) is 5.91 Å². The SMILES string of the molecule is CC(C)C[C@H](N=C1NS(=O)(=O)c2ccccc21)C(=O)NCc1ccccc1CN1CCOCC1. The van der Waals surface area contributed by atoms with Crippen LogP contribution < -0.4 is 10.0 Å². The quantitative estimate of drug-likeness (QED) is 0.599. The second-order valence-corrected chi connectivity index (χ2v) is 10.8. The number of nitrogens with zero attached hydrogens (tertiary/aromatic N) is 2. The number of benzene rings is 2. The van der Waals surface area contributed by atoms with Gasteiger partial charge < -0.3 is 10.1 Å². The number of amidine groups is 1. The van der Waals surface area contributed by atoms with Crippen LogP contribution in [0.25, 0.3) is 0 Å². The van der Waals surface area contributed by atoms with E-state index in [0.29, 0.717) is 18.5 Å². The highest BCUT2D eigenvalue weighted by Crippen LogP contribution is 2.23. The number of carbonyl (C=O) groups excluding carboxylic acids is 1. The first kappa shape index (κ1) is 24.4. The number of hydrogen-bond acceptors (Lipinski definition) is 6. The molecular formula is C25H32N4O4S. The number of nitrogens with one attached hydrogen (secondary N) is 2. The smallest absolute Gasteiger partial charge is 0.263 e. The first-order valence-corrected chi connectivity index (χ1v) is 13.2. The maximum atomic E-state index is 13.2. The van der Waals surface area contributed by atoms with E-state index in [0.717, 1.165) is 38.4 Å². The lowest BCUT2D eigenvalue weighted by Crippen LogP contribution is -2.37. The fourth-order valence-corrected chi connectivity index (χ4v) is 5.47. The lowest BCUT2D eigenvalue weighted by Gasteiger charge is -2.27. The molecule has 0 aromatic heterocycles. The maximum Gasteiger partial charge on any atom is 0.263 e. The lowest BCUT2D eigenvalue weighted by molar-refractivity contribution is -0.122. The summed E-state index contributed by atoms with van der Waals surface area (Å²) in [6.45, 7) is 8.51. The van der Waals surface area contributed by atoms with Crippen molar-refractivity contribution in [3.63, 3.8) is 0 Å². The molecule has 1 atom stereocenters. The molecule has 182 valence electrons. The Morgan fingerprint density at radius 3 is 2.50 bits per heavy atom. The summed E-state index contributed by atoms with van der Waals surface area (Å²) in [6.07, 6.45) is 0.509. The molecule has 0 radical (unpaired) electrons. The number of aliphatic imine (C=N–C) groups is 1. The van der Waals surface area contributed by atoms with E-state index in [9.17, 15) is 13.2 Å². The molecule has 0 aliphatic carbocycles. The van der Waals surface area contributed by atoms with Crippen molar-refractivity contribution in [1.29, 1.82) is 0 Å². The molecule has 1 amide bonds. The average molecular weight is 485 g/mol. The number of carbonyl (C=O) groups is 1. The molecule has 9 heteroatoms. The van der Waals surface area contributed by atoms with Crippen molar-refractivity contribution < 1.29 is 17.9 Å². The van der Waals surface area contributed by atoms with Crippen LogP contribution in [0.2, 0.25) is 0 Å². The summed E-state index contributed by atoms with van der Waals surface area (Å²) in [4.78, 5) is 20.3. The fourth-order valence-electron chi connectivity index (χ4n) is 4.23. The summed E-state index contributed by atoms with van der Waals surface area (Å²) in [5, 5.41) is 3.03. The number of hydrogen-bond donors (Lipinski definition) is 2. The van der Waals surface area contributed by atoms with Crippen molar-refractivity contribution in [2.75, 3.05) is 26.3 Å². The van der Waals surface area contributed by atoms with Gasteiger partial charge in [-0.15, -0.1) is 0 Å². The Morgan fingerprint density at radius 2 is 1.76 bits per heavy atom. The second-order valence-electron chi connectivity index (χ2n) is 9.10. The van der Waals surface area contributed by atoms with Gasteiger partial charge in [-0.05, 0) is 35.6 Å². The van der Waals surface area contributed by atoms with E-state index in [1.165, 1.54) is 5.56 Å². The zero-order valence-corrected chi connectivity index (χ0v) is 20.5. The van der Waals surface area contributed by atoms with E-state index < -0.39 is 16.1 Å². The molecule has 1 saturated heterocycles. The molecule has 2 heterocycles. The first-order chi connectivity index (χ1) is 16.3. The Morgan fingerprint density at radius 1 is 1.09 bits per heavy atom. The van der Waals surface area contributed by atoms with Crippen LogP contribution in [0, 0.1) is 5.92 Å². The van der Waals surface area contributed by atoms with Crippen LogP contribution in [0.15, 0.2) is 58.4 Å². The largest absolute Gasteiger partial charge is 0.379 e. The molecule has 0 unspecified atom stereocenters. The number of sulfonamides is 1. The highest BCUT2D eigenvalue weighted by molar-refractivity contribution is 7.90. The minimum Gasteiger partial charge on any atom is -0.379 e. The first-order valence-electron chi connectivity index (χ1n) is 11.7. The topological polar surface area (TPSA) is 100 Å². The summed E-state index contributed by atoms with van der Waals surface area (Å²) in [7, 11) is -3.66. The van der Waals surface area contributed by atoms with Crippen LogP contribution in [-0.2, 0) is 32.6 Å². The molecule has 34 heavy (non-hydrogen) atoms. The number of fused-ring (bicyclic) bond motifs is 1. The predicted molar refractivity (Wildman–Crippen MR) is 131 cm³/mol. The van der Waals surface area contributed by atoms with Gasteiger partial charge in [-0.25, -0.2) is 8.42 Å². The third kappa shape index (κ3) is 5.84.